The highest BCUT2D eigenvalue weighted by Gasteiger charge is 2.16. The van der Waals surface area contributed by atoms with Gasteiger partial charge in [-0.05, 0) is 36.8 Å². The van der Waals surface area contributed by atoms with E-state index in [9.17, 15) is 4.79 Å². The minimum Gasteiger partial charge on any atom is -0.497 e. The van der Waals surface area contributed by atoms with Gasteiger partial charge in [0.15, 0.2) is 16.7 Å². The van der Waals surface area contributed by atoms with Gasteiger partial charge in [0.2, 0.25) is 5.91 Å². The zero-order valence-corrected chi connectivity index (χ0v) is 16.5. The Morgan fingerprint density at radius 3 is 2.89 bits per heavy atom. The molecule has 0 fully saturated rings. The molecule has 1 aromatic heterocycles. The van der Waals surface area contributed by atoms with Gasteiger partial charge in [0.1, 0.15) is 19.0 Å². The normalized spacial score (nSPS) is 13.9. The summed E-state index contributed by atoms with van der Waals surface area (Å²) in [5.74, 6) is 2.43. The number of methoxy groups -OCH3 is 1. The lowest BCUT2D eigenvalue weighted by atomic mass is 10.1. The van der Waals surface area contributed by atoms with E-state index in [-0.39, 0.29) is 17.7 Å². The van der Waals surface area contributed by atoms with E-state index >= 15 is 0 Å². The Bertz CT molecular complexity index is 1000. The standard InChI is InChI=1S/C20H21N3O4S/c1-12(13-3-6-17-18(9-13)27-8-7-26-17)21-19(24)11-28-20-22-15-5-4-14(25-2)10-16(15)23-20/h3-6,9-10,12H,7-8,11H2,1-2H3,(H,21,24)(H,22,23). The molecule has 1 aliphatic heterocycles. The molecular weight excluding hydrogens is 378 g/mol. The van der Waals surface area contributed by atoms with E-state index in [1.807, 2.05) is 43.3 Å². The van der Waals surface area contributed by atoms with Crippen molar-refractivity contribution in [1.82, 2.24) is 15.3 Å². The van der Waals surface area contributed by atoms with Crippen LogP contribution < -0.4 is 19.5 Å². The lowest BCUT2D eigenvalue weighted by Crippen LogP contribution is -2.28. The van der Waals surface area contributed by atoms with Crippen molar-refractivity contribution >= 4 is 28.7 Å². The molecule has 3 aromatic rings. The number of rotatable bonds is 6. The maximum atomic E-state index is 12.4. The third-order valence-corrected chi connectivity index (χ3v) is 5.32. The number of aromatic amines is 1. The number of amides is 1. The predicted octanol–water partition coefficient (Wildman–Crippen LogP) is 3.31. The predicted molar refractivity (Wildman–Crippen MR) is 107 cm³/mol. The second kappa shape index (κ2) is 8.02. The van der Waals surface area contributed by atoms with E-state index in [0.717, 1.165) is 33.8 Å². The molecular formula is C20H21N3O4S. The number of aromatic nitrogens is 2. The van der Waals surface area contributed by atoms with E-state index in [4.69, 9.17) is 14.2 Å². The molecule has 0 saturated carbocycles. The van der Waals surface area contributed by atoms with Gasteiger partial charge in [-0.15, -0.1) is 0 Å². The third kappa shape index (κ3) is 4.01. The summed E-state index contributed by atoms with van der Waals surface area (Å²) >= 11 is 1.36. The summed E-state index contributed by atoms with van der Waals surface area (Å²) in [7, 11) is 1.63. The number of imidazole rings is 1. The maximum absolute atomic E-state index is 12.4. The van der Waals surface area contributed by atoms with Gasteiger partial charge < -0.3 is 24.5 Å². The summed E-state index contributed by atoms with van der Waals surface area (Å²) in [6, 6.07) is 11.2. The van der Waals surface area contributed by atoms with Gasteiger partial charge in [-0.3, -0.25) is 4.79 Å². The summed E-state index contributed by atoms with van der Waals surface area (Å²) in [4.78, 5) is 20.0. The molecule has 7 nitrogen and oxygen atoms in total. The molecule has 1 aliphatic rings. The summed E-state index contributed by atoms with van der Waals surface area (Å²) in [6.45, 7) is 3.04. The number of carbonyl (C=O) groups excluding carboxylic acids is 1. The van der Waals surface area contributed by atoms with Crippen LogP contribution >= 0.6 is 11.8 Å². The number of thioether (sulfide) groups is 1. The molecule has 146 valence electrons. The quantitative estimate of drug-likeness (QED) is 0.619. The highest BCUT2D eigenvalue weighted by atomic mass is 32.2. The first-order valence-corrected chi connectivity index (χ1v) is 9.96. The minimum absolute atomic E-state index is 0.0644. The number of carbonyl (C=O) groups is 1. The smallest absolute Gasteiger partial charge is 0.230 e. The highest BCUT2D eigenvalue weighted by Crippen LogP contribution is 2.32. The van der Waals surface area contributed by atoms with Gasteiger partial charge in [-0.1, -0.05) is 17.8 Å². The van der Waals surface area contributed by atoms with E-state index in [1.165, 1.54) is 11.8 Å². The fourth-order valence-corrected chi connectivity index (χ4v) is 3.69. The molecule has 2 N–H and O–H groups in total. The lowest BCUT2D eigenvalue weighted by molar-refractivity contribution is -0.119. The fourth-order valence-electron chi connectivity index (χ4n) is 2.99. The van der Waals surface area contributed by atoms with E-state index in [0.29, 0.717) is 18.4 Å². The van der Waals surface area contributed by atoms with Crippen molar-refractivity contribution in [3.8, 4) is 17.2 Å². The first kappa shape index (κ1) is 18.5. The van der Waals surface area contributed by atoms with Gasteiger partial charge in [0.25, 0.3) is 0 Å². The molecule has 0 radical (unpaired) electrons. The molecule has 1 atom stereocenters. The van der Waals surface area contributed by atoms with Crippen molar-refractivity contribution in [2.45, 2.75) is 18.1 Å². The van der Waals surface area contributed by atoms with Gasteiger partial charge in [0, 0.05) is 6.07 Å². The Morgan fingerprint density at radius 1 is 1.25 bits per heavy atom. The van der Waals surface area contributed by atoms with Gasteiger partial charge >= 0.3 is 0 Å². The molecule has 2 heterocycles. The Labute approximate surface area is 166 Å². The molecule has 1 amide bonds. The van der Waals surface area contributed by atoms with E-state index < -0.39 is 0 Å². The number of ether oxygens (including phenoxy) is 3. The van der Waals surface area contributed by atoms with Gasteiger partial charge in [0.05, 0.1) is 29.9 Å². The maximum Gasteiger partial charge on any atom is 0.230 e. The average Bonchev–Trinajstić information content (AvgIpc) is 3.14. The number of fused-ring (bicyclic) bond motifs is 2. The molecule has 0 saturated heterocycles. The van der Waals surface area contributed by atoms with Crippen molar-refractivity contribution in [3.63, 3.8) is 0 Å². The molecule has 8 heteroatoms. The first-order valence-electron chi connectivity index (χ1n) is 8.98. The molecule has 28 heavy (non-hydrogen) atoms. The van der Waals surface area contributed by atoms with Crippen LogP contribution in [0.15, 0.2) is 41.6 Å². The zero-order valence-electron chi connectivity index (χ0n) is 15.7. The van der Waals surface area contributed by atoms with Crippen molar-refractivity contribution < 1.29 is 19.0 Å². The van der Waals surface area contributed by atoms with Crippen LogP contribution in [0, 0.1) is 0 Å². The molecule has 0 aliphatic carbocycles. The van der Waals surface area contributed by atoms with Crippen LogP contribution in [0.4, 0.5) is 0 Å². The van der Waals surface area contributed by atoms with Crippen LogP contribution in [-0.4, -0.2) is 42.0 Å². The number of benzene rings is 2. The van der Waals surface area contributed by atoms with E-state index in [2.05, 4.69) is 15.3 Å². The zero-order chi connectivity index (χ0) is 19.5. The van der Waals surface area contributed by atoms with Crippen LogP contribution in [0.1, 0.15) is 18.5 Å². The third-order valence-electron chi connectivity index (χ3n) is 4.45. The van der Waals surface area contributed by atoms with Crippen LogP contribution in [0.5, 0.6) is 17.2 Å². The second-order valence-corrected chi connectivity index (χ2v) is 7.37. The van der Waals surface area contributed by atoms with Crippen molar-refractivity contribution in [2.75, 3.05) is 26.1 Å². The average molecular weight is 399 g/mol. The Morgan fingerprint density at radius 2 is 2.07 bits per heavy atom. The van der Waals surface area contributed by atoms with Crippen molar-refractivity contribution in [2.24, 2.45) is 0 Å². The highest BCUT2D eigenvalue weighted by molar-refractivity contribution is 7.99. The van der Waals surface area contributed by atoms with Gasteiger partial charge in [-0.25, -0.2) is 4.98 Å². The molecule has 0 spiro atoms. The fraction of sp³-hybridized carbons (Fsp3) is 0.300. The lowest BCUT2D eigenvalue weighted by Gasteiger charge is -2.21. The number of nitrogens with zero attached hydrogens (tertiary/aromatic N) is 1. The van der Waals surface area contributed by atoms with E-state index in [1.54, 1.807) is 7.11 Å². The van der Waals surface area contributed by atoms with Crippen LogP contribution in [0.2, 0.25) is 0 Å². The number of nitrogens with one attached hydrogen (secondary N) is 2. The summed E-state index contributed by atoms with van der Waals surface area (Å²) in [6.07, 6.45) is 0. The van der Waals surface area contributed by atoms with Crippen LogP contribution in [0.3, 0.4) is 0 Å². The van der Waals surface area contributed by atoms with Crippen LogP contribution in [-0.2, 0) is 4.79 Å². The number of hydrogen-bond acceptors (Lipinski definition) is 6. The topological polar surface area (TPSA) is 85.5 Å². The monoisotopic (exact) mass is 399 g/mol. The van der Waals surface area contributed by atoms with Crippen LogP contribution in [0.25, 0.3) is 11.0 Å². The molecule has 4 rings (SSSR count). The Kier molecular flexibility index (Phi) is 5.29. The second-order valence-electron chi connectivity index (χ2n) is 6.41. The van der Waals surface area contributed by atoms with Crippen molar-refractivity contribution in [3.05, 3.63) is 42.0 Å². The minimum atomic E-state index is -0.135. The summed E-state index contributed by atoms with van der Waals surface area (Å²) in [5.41, 5.74) is 2.69. The number of H-pyrrole nitrogens is 1. The number of hydrogen-bond donors (Lipinski definition) is 2. The van der Waals surface area contributed by atoms with Crippen molar-refractivity contribution in [1.29, 1.82) is 0 Å². The Balaban J connectivity index is 1.35. The molecule has 2 aromatic carbocycles. The van der Waals surface area contributed by atoms with Gasteiger partial charge in [-0.2, -0.15) is 0 Å². The Hall–Kier alpha value is -2.87. The SMILES string of the molecule is COc1ccc2nc(SCC(=O)NC(C)c3ccc4c(c3)OCCO4)[nH]c2c1. The summed E-state index contributed by atoms with van der Waals surface area (Å²) in [5, 5.41) is 3.71. The molecule has 0 bridgehead atoms. The molecule has 1 unspecified atom stereocenters. The summed E-state index contributed by atoms with van der Waals surface area (Å²) < 4.78 is 16.4. The largest absolute Gasteiger partial charge is 0.497 e. The first-order chi connectivity index (χ1) is 13.6.